The summed E-state index contributed by atoms with van der Waals surface area (Å²) in [5.41, 5.74) is -1.65. The molecule has 11 nitrogen and oxygen atoms in total. The molecule has 1 aliphatic heterocycles. The van der Waals surface area contributed by atoms with E-state index < -0.39 is 46.1 Å². The van der Waals surface area contributed by atoms with Crippen molar-refractivity contribution in [3.05, 3.63) is 66.2 Å². The number of hydrogen-bond donors (Lipinski definition) is 3. The third-order valence-corrected chi connectivity index (χ3v) is 7.64. The number of nitrogens with one attached hydrogen (secondary N) is 3. The number of urea groups is 1. The first-order chi connectivity index (χ1) is 20.5. The van der Waals surface area contributed by atoms with Gasteiger partial charge >= 0.3 is 6.03 Å². The molecule has 1 saturated carbocycles. The first-order valence-corrected chi connectivity index (χ1v) is 13.6. The fraction of sp³-hybridized carbons (Fsp3) is 0.345. The van der Waals surface area contributed by atoms with Crippen molar-refractivity contribution in [2.45, 2.75) is 31.7 Å². The molecule has 43 heavy (non-hydrogen) atoms. The molecule has 3 aromatic rings. The number of carbonyl (C=O) groups excluding carboxylic acids is 3. The maximum absolute atomic E-state index is 14.9. The zero-order valence-corrected chi connectivity index (χ0v) is 23.5. The molecule has 1 aliphatic carbocycles. The third kappa shape index (κ3) is 6.85. The second kappa shape index (κ2) is 12.3. The van der Waals surface area contributed by atoms with E-state index in [2.05, 4.69) is 30.8 Å². The molecule has 5 rings (SSSR count). The Bertz CT molecular complexity index is 1530. The van der Waals surface area contributed by atoms with Gasteiger partial charge in [0, 0.05) is 37.0 Å². The topological polar surface area (TPSA) is 129 Å². The minimum Gasteiger partial charge on any atom is -0.436 e. The summed E-state index contributed by atoms with van der Waals surface area (Å²) in [6.07, 6.45) is 3.19. The fourth-order valence-electron chi connectivity index (χ4n) is 4.73. The molecule has 2 fully saturated rings. The maximum atomic E-state index is 14.9. The highest BCUT2D eigenvalue weighted by Crippen LogP contribution is 2.47. The van der Waals surface area contributed by atoms with E-state index >= 15 is 0 Å². The number of rotatable bonds is 8. The Hall–Kier alpha value is -4.72. The lowest BCUT2D eigenvalue weighted by molar-refractivity contribution is -0.131. The minimum absolute atomic E-state index is 0.0730. The Kier molecular flexibility index (Phi) is 8.48. The second-order valence-corrected chi connectivity index (χ2v) is 10.7. The molecular weight excluding hydrogens is 567 g/mol. The summed E-state index contributed by atoms with van der Waals surface area (Å²) in [5.74, 6) is -4.53. The molecule has 2 aliphatic rings. The number of aromatic nitrogens is 2. The molecule has 0 spiro atoms. The lowest BCUT2D eigenvalue weighted by atomic mass is 10.0. The van der Waals surface area contributed by atoms with Crippen molar-refractivity contribution in [3.8, 4) is 11.6 Å². The molecule has 2 aromatic carbocycles. The summed E-state index contributed by atoms with van der Waals surface area (Å²) in [4.78, 5) is 50.1. The van der Waals surface area contributed by atoms with E-state index in [0.29, 0.717) is 5.69 Å². The first kappa shape index (κ1) is 29.8. The molecule has 2 heterocycles. The summed E-state index contributed by atoms with van der Waals surface area (Å²) in [6.45, 7) is 1.76. The van der Waals surface area contributed by atoms with E-state index in [1.54, 1.807) is 11.9 Å². The summed E-state index contributed by atoms with van der Waals surface area (Å²) in [6, 6.07) is 7.44. The number of hydrogen-bond acceptors (Lipinski definition) is 7. The molecule has 0 bridgehead atoms. The highest BCUT2D eigenvalue weighted by Gasteiger charge is 2.56. The van der Waals surface area contributed by atoms with Gasteiger partial charge in [0.15, 0.2) is 17.4 Å². The van der Waals surface area contributed by atoms with E-state index in [0.717, 1.165) is 56.5 Å². The molecule has 0 atom stereocenters. The van der Waals surface area contributed by atoms with Crippen LogP contribution in [0.1, 0.15) is 25.7 Å². The number of nitrogens with zero attached hydrogens (tertiary/aromatic N) is 4. The van der Waals surface area contributed by atoms with Gasteiger partial charge in [0.05, 0.1) is 5.69 Å². The molecule has 1 aromatic heterocycles. The number of ether oxygens (including phenoxy) is 1. The number of benzene rings is 2. The van der Waals surface area contributed by atoms with Crippen LogP contribution in [0.5, 0.6) is 11.6 Å². The molecule has 1 saturated heterocycles. The van der Waals surface area contributed by atoms with Gasteiger partial charge in [-0.2, -0.15) is 0 Å². The maximum Gasteiger partial charge on any atom is 0.323 e. The van der Waals surface area contributed by atoms with Crippen molar-refractivity contribution < 1.29 is 32.3 Å². The van der Waals surface area contributed by atoms with Crippen molar-refractivity contribution in [2.24, 2.45) is 5.41 Å². The highest BCUT2D eigenvalue weighted by molar-refractivity contribution is 6.16. The zero-order valence-electron chi connectivity index (χ0n) is 23.5. The Balaban J connectivity index is 1.21. The largest absolute Gasteiger partial charge is 0.436 e. The zero-order chi connectivity index (χ0) is 30.7. The average molecular weight is 598 g/mol. The average Bonchev–Trinajstić information content (AvgIpc) is 3.80. The summed E-state index contributed by atoms with van der Waals surface area (Å²) in [5, 5.41) is 7.48. The third-order valence-electron chi connectivity index (χ3n) is 7.64. The van der Waals surface area contributed by atoms with Gasteiger partial charge in [-0.05, 0) is 70.1 Å². The number of carbonyl (C=O) groups is 3. The number of amides is 4. The fourth-order valence-corrected chi connectivity index (χ4v) is 4.73. The number of likely N-dealkylation sites (tertiary alicyclic amines) is 1. The van der Waals surface area contributed by atoms with Crippen molar-refractivity contribution in [3.63, 3.8) is 0 Å². The van der Waals surface area contributed by atoms with Crippen LogP contribution in [0.2, 0.25) is 0 Å². The number of piperidine rings is 1. The van der Waals surface area contributed by atoms with Gasteiger partial charge < -0.3 is 25.2 Å². The lowest BCUT2D eigenvalue weighted by Gasteiger charge is -2.34. The van der Waals surface area contributed by atoms with Crippen LogP contribution in [-0.2, 0) is 9.59 Å². The number of halogens is 3. The van der Waals surface area contributed by atoms with Crippen molar-refractivity contribution >= 4 is 35.0 Å². The predicted octanol–water partition coefficient (Wildman–Crippen LogP) is 4.60. The Morgan fingerprint density at radius 1 is 0.930 bits per heavy atom. The Morgan fingerprint density at radius 2 is 1.60 bits per heavy atom. The quantitative estimate of drug-likeness (QED) is 0.324. The second-order valence-electron chi connectivity index (χ2n) is 10.7. The SMILES string of the molecule is CN1CCC(N(C)C(=O)Nc2cc(Oc3cc(F)c(NC(=O)C4(C(=O)Nc5ccc(F)cc5)CC4)cc3F)ncn2)CC1. The van der Waals surface area contributed by atoms with Crippen LogP contribution in [0.3, 0.4) is 0 Å². The summed E-state index contributed by atoms with van der Waals surface area (Å²) in [7, 11) is 3.73. The van der Waals surface area contributed by atoms with Crippen LogP contribution in [0.15, 0.2) is 48.8 Å². The minimum atomic E-state index is -1.46. The Morgan fingerprint density at radius 3 is 2.28 bits per heavy atom. The molecule has 3 N–H and O–H groups in total. The van der Waals surface area contributed by atoms with Crippen LogP contribution in [0.25, 0.3) is 0 Å². The molecule has 4 amide bonds. The van der Waals surface area contributed by atoms with Gasteiger partial charge in [-0.1, -0.05) is 0 Å². The van der Waals surface area contributed by atoms with Gasteiger partial charge in [-0.3, -0.25) is 14.9 Å². The summed E-state index contributed by atoms with van der Waals surface area (Å²) < 4.78 is 48.4. The van der Waals surface area contributed by atoms with E-state index in [9.17, 15) is 27.6 Å². The number of anilines is 3. The molecule has 14 heteroatoms. The van der Waals surface area contributed by atoms with Crippen molar-refractivity contribution in [2.75, 3.05) is 43.1 Å². The van der Waals surface area contributed by atoms with E-state index in [4.69, 9.17) is 4.74 Å². The van der Waals surface area contributed by atoms with Crippen LogP contribution >= 0.6 is 0 Å². The normalized spacial score (nSPS) is 16.2. The van der Waals surface area contributed by atoms with Gasteiger partial charge in [0.25, 0.3) is 0 Å². The Labute approximate surface area is 245 Å². The highest BCUT2D eigenvalue weighted by atomic mass is 19.1. The molecule has 0 radical (unpaired) electrons. The van der Waals surface area contributed by atoms with Crippen LogP contribution in [0, 0.1) is 22.9 Å². The van der Waals surface area contributed by atoms with Crippen molar-refractivity contribution in [1.82, 2.24) is 19.8 Å². The molecular formula is C29H30F3N7O4. The van der Waals surface area contributed by atoms with Gasteiger partial charge in [-0.15, -0.1) is 0 Å². The summed E-state index contributed by atoms with van der Waals surface area (Å²) >= 11 is 0. The van der Waals surface area contributed by atoms with Gasteiger partial charge in [0.2, 0.25) is 17.7 Å². The van der Waals surface area contributed by atoms with Crippen molar-refractivity contribution in [1.29, 1.82) is 0 Å². The first-order valence-electron chi connectivity index (χ1n) is 13.6. The van der Waals surface area contributed by atoms with Crippen LogP contribution in [-0.4, -0.2) is 70.8 Å². The predicted molar refractivity (Wildman–Crippen MR) is 151 cm³/mol. The van der Waals surface area contributed by atoms with E-state index in [-0.39, 0.29) is 36.6 Å². The smallest absolute Gasteiger partial charge is 0.323 e. The van der Waals surface area contributed by atoms with E-state index in [1.165, 1.54) is 18.2 Å². The van der Waals surface area contributed by atoms with Gasteiger partial charge in [-0.25, -0.2) is 27.9 Å². The monoisotopic (exact) mass is 597 g/mol. The van der Waals surface area contributed by atoms with Gasteiger partial charge in [0.1, 0.15) is 23.4 Å². The molecule has 0 unspecified atom stereocenters. The molecule has 226 valence electrons. The van der Waals surface area contributed by atoms with E-state index in [1.807, 2.05) is 7.05 Å². The van der Waals surface area contributed by atoms with Crippen LogP contribution in [0.4, 0.5) is 35.2 Å². The standard InChI is InChI=1S/C29H30F3N7O4/c1-38-11-7-19(8-12-38)39(2)28(42)37-24-15-25(34-16-33-24)43-23-14-20(31)22(13-21(23)32)36-27(41)29(9-10-29)26(40)35-18-5-3-17(30)4-6-18/h3-6,13-16,19H,7-12H2,1-2H3,(H,35,40)(H,36,41)(H,33,34,37,42). The lowest BCUT2D eigenvalue weighted by Crippen LogP contribution is -2.46. The van der Waals surface area contributed by atoms with Crippen LogP contribution < -0.4 is 20.7 Å².